The van der Waals surface area contributed by atoms with Crippen LogP contribution in [0.3, 0.4) is 0 Å². The second kappa shape index (κ2) is 7.29. The van der Waals surface area contributed by atoms with Crippen LogP contribution in [0.1, 0.15) is 13.3 Å². The molecule has 2 N–H and O–H groups in total. The number of hydrogen-bond donors (Lipinski definition) is 2. The third-order valence-corrected chi connectivity index (χ3v) is 2.36. The molecule has 0 heterocycles. The Kier molecular flexibility index (Phi) is 7.22. The summed E-state index contributed by atoms with van der Waals surface area (Å²) < 4.78 is 4.53. The lowest BCUT2D eigenvalue weighted by atomic mass is 10.2. The fourth-order valence-corrected chi connectivity index (χ4v) is 1.19. The maximum atomic E-state index is 10.9. The largest absolute Gasteiger partial charge is 0.468 e. The molecule has 0 radical (unpaired) electrons. The van der Waals surface area contributed by atoms with Gasteiger partial charge >= 0.3 is 5.97 Å². The van der Waals surface area contributed by atoms with Crippen LogP contribution in [0.25, 0.3) is 0 Å². The summed E-state index contributed by atoms with van der Waals surface area (Å²) in [6.07, 6.45) is 0.681. The summed E-state index contributed by atoms with van der Waals surface area (Å²) in [4.78, 5) is 10.6. The molecule has 0 aromatic carbocycles. The predicted molar refractivity (Wildman–Crippen MR) is 53.9 cm³/mol. The molecule has 0 saturated carbocycles. The fourth-order valence-electron chi connectivity index (χ4n) is 0.812. The molecule has 2 atom stereocenters. The van der Waals surface area contributed by atoms with E-state index in [0.717, 1.165) is 0 Å². The van der Waals surface area contributed by atoms with Crippen molar-refractivity contribution in [2.24, 2.45) is 0 Å². The van der Waals surface area contributed by atoms with Crippen LogP contribution >= 0.6 is 15.9 Å². The highest BCUT2D eigenvalue weighted by molar-refractivity contribution is 9.10. The van der Waals surface area contributed by atoms with Crippen molar-refractivity contribution in [3.05, 3.63) is 0 Å². The number of rotatable bonds is 6. The quantitative estimate of drug-likeness (QED) is 0.528. The van der Waals surface area contributed by atoms with Gasteiger partial charge in [-0.1, -0.05) is 15.9 Å². The SMILES string of the molecule is COC(=O)C(Br)CNC(C)CCO. The highest BCUT2D eigenvalue weighted by atomic mass is 79.9. The summed E-state index contributed by atoms with van der Waals surface area (Å²) in [7, 11) is 1.35. The van der Waals surface area contributed by atoms with Crippen molar-refractivity contribution in [2.45, 2.75) is 24.2 Å². The van der Waals surface area contributed by atoms with Crippen molar-refractivity contribution in [2.75, 3.05) is 20.3 Å². The molecule has 0 saturated heterocycles. The molecule has 0 aromatic rings. The number of esters is 1. The molecule has 2 unspecified atom stereocenters. The van der Waals surface area contributed by atoms with Crippen molar-refractivity contribution in [3.8, 4) is 0 Å². The van der Waals surface area contributed by atoms with Gasteiger partial charge in [0.1, 0.15) is 4.83 Å². The average molecular weight is 254 g/mol. The summed E-state index contributed by atoms with van der Waals surface area (Å²) in [5.74, 6) is -0.288. The van der Waals surface area contributed by atoms with Gasteiger partial charge in [0.25, 0.3) is 0 Å². The number of halogens is 1. The third kappa shape index (κ3) is 6.01. The van der Waals surface area contributed by atoms with Gasteiger partial charge in [-0.05, 0) is 13.3 Å². The van der Waals surface area contributed by atoms with Gasteiger partial charge in [-0.15, -0.1) is 0 Å². The minimum atomic E-state index is -0.321. The second-order valence-corrected chi connectivity index (χ2v) is 3.92. The van der Waals surface area contributed by atoms with Gasteiger partial charge in [0, 0.05) is 19.2 Å². The average Bonchev–Trinajstić information content (AvgIpc) is 2.13. The standard InChI is InChI=1S/C8H16BrNO3/c1-6(3-4-11)10-5-7(9)8(12)13-2/h6-7,10-11H,3-5H2,1-2H3. The van der Waals surface area contributed by atoms with Crippen LogP contribution in [-0.2, 0) is 9.53 Å². The van der Waals surface area contributed by atoms with E-state index in [1.165, 1.54) is 7.11 Å². The normalized spacial score (nSPS) is 15.1. The first kappa shape index (κ1) is 12.9. The third-order valence-electron chi connectivity index (χ3n) is 1.66. The Labute approximate surface area is 86.8 Å². The lowest BCUT2D eigenvalue weighted by Crippen LogP contribution is -2.35. The number of carbonyl (C=O) groups excluding carboxylic acids is 1. The molecule has 0 aromatic heterocycles. The smallest absolute Gasteiger partial charge is 0.320 e. The Morgan fingerprint density at radius 3 is 2.77 bits per heavy atom. The van der Waals surface area contributed by atoms with Gasteiger partial charge in [0.15, 0.2) is 0 Å². The Bertz CT molecular complexity index is 154. The van der Waals surface area contributed by atoms with E-state index in [-0.39, 0.29) is 23.4 Å². The zero-order valence-corrected chi connectivity index (χ0v) is 9.50. The molecule has 0 fully saturated rings. The number of carbonyl (C=O) groups is 1. The monoisotopic (exact) mass is 253 g/mol. The molecule has 5 heteroatoms. The van der Waals surface area contributed by atoms with E-state index in [4.69, 9.17) is 5.11 Å². The highest BCUT2D eigenvalue weighted by Gasteiger charge is 2.15. The Morgan fingerprint density at radius 2 is 2.31 bits per heavy atom. The van der Waals surface area contributed by atoms with Gasteiger partial charge in [0.2, 0.25) is 0 Å². The summed E-state index contributed by atoms with van der Waals surface area (Å²) in [5.41, 5.74) is 0. The number of nitrogens with one attached hydrogen (secondary N) is 1. The lowest BCUT2D eigenvalue weighted by molar-refractivity contribution is -0.139. The van der Waals surface area contributed by atoms with Crippen LogP contribution in [-0.4, -0.2) is 42.2 Å². The van der Waals surface area contributed by atoms with Crippen molar-refractivity contribution in [1.29, 1.82) is 0 Å². The van der Waals surface area contributed by atoms with Crippen molar-refractivity contribution in [1.82, 2.24) is 5.32 Å². The van der Waals surface area contributed by atoms with Crippen molar-refractivity contribution >= 4 is 21.9 Å². The van der Waals surface area contributed by atoms with E-state index in [9.17, 15) is 4.79 Å². The lowest BCUT2D eigenvalue weighted by Gasteiger charge is -2.14. The molecule has 4 nitrogen and oxygen atoms in total. The molecule has 0 bridgehead atoms. The minimum absolute atomic E-state index is 0.152. The zero-order valence-electron chi connectivity index (χ0n) is 7.92. The van der Waals surface area contributed by atoms with Crippen LogP contribution in [0.5, 0.6) is 0 Å². The summed E-state index contributed by atoms with van der Waals surface area (Å²) >= 11 is 3.18. The van der Waals surface area contributed by atoms with E-state index in [1.54, 1.807) is 0 Å². The van der Waals surface area contributed by atoms with Gasteiger partial charge in [-0.2, -0.15) is 0 Å². The molecule has 78 valence electrons. The summed E-state index contributed by atoms with van der Waals surface area (Å²) in [6.45, 7) is 2.61. The maximum absolute atomic E-state index is 10.9. The molecule has 0 aliphatic rings. The predicted octanol–water partition coefficient (Wildman–Crippen LogP) is 0.283. The molecule has 0 spiro atoms. The number of aliphatic hydroxyl groups is 1. The second-order valence-electron chi connectivity index (χ2n) is 2.81. The highest BCUT2D eigenvalue weighted by Crippen LogP contribution is 2.01. The van der Waals surface area contributed by atoms with Gasteiger partial charge in [-0.25, -0.2) is 0 Å². The van der Waals surface area contributed by atoms with E-state index in [1.807, 2.05) is 6.92 Å². The first-order valence-electron chi connectivity index (χ1n) is 4.18. The molecule has 13 heavy (non-hydrogen) atoms. The van der Waals surface area contributed by atoms with Crippen molar-refractivity contribution in [3.63, 3.8) is 0 Å². The summed E-state index contributed by atoms with van der Waals surface area (Å²) in [6, 6.07) is 0.203. The minimum Gasteiger partial charge on any atom is -0.468 e. The van der Waals surface area contributed by atoms with Crippen LogP contribution in [0.15, 0.2) is 0 Å². The van der Waals surface area contributed by atoms with Gasteiger partial charge < -0.3 is 15.2 Å². The van der Waals surface area contributed by atoms with E-state index >= 15 is 0 Å². The Hall–Kier alpha value is -0.130. The van der Waals surface area contributed by atoms with E-state index in [0.29, 0.717) is 13.0 Å². The molecule has 0 aliphatic heterocycles. The maximum Gasteiger partial charge on any atom is 0.320 e. The van der Waals surface area contributed by atoms with Crippen LogP contribution < -0.4 is 5.32 Å². The number of methoxy groups -OCH3 is 1. The number of hydrogen-bond acceptors (Lipinski definition) is 4. The topological polar surface area (TPSA) is 58.6 Å². The molecule has 0 aliphatic carbocycles. The first-order valence-corrected chi connectivity index (χ1v) is 5.09. The van der Waals surface area contributed by atoms with Crippen LogP contribution in [0.4, 0.5) is 0 Å². The van der Waals surface area contributed by atoms with Crippen LogP contribution in [0.2, 0.25) is 0 Å². The van der Waals surface area contributed by atoms with Gasteiger partial charge in [0.05, 0.1) is 7.11 Å². The van der Waals surface area contributed by atoms with E-state index in [2.05, 4.69) is 26.0 Å². The van der Waals surface area contributed by atoms with Crippen molar-refractivity contribution < 1.29 is 14.6 Å². The number of aliphatic hydroxyl groups excluding tert-OH is 1. The van der Waals surface area contributed by atoms with E-state index < -0.39 is 0 Å². The number of ether oxygens (including phenoxy) is 1. The first-order chi connectivity index (χ1) is 6.11. The summed E-state index contributed by atoms with van der Waals surface area (Å²) in [5, 5.41) is 11.7. The molecule has 0 amide bonds. The number of alkyl halides is 1. The fraction of sp³-hybridized carbons (Fsp3) is 0.875. The Balaban J connectivity index is 3.56. The molecular formula is C8H16BrNO3. The van der Waals surface area contributed by atoms with Gasteiger partial charge in [-0.3, -0.25) is 4.79 Å². The molecule has 0 rings (SSSR count). The zero-order chi connectivity index (χ0) is 10.3. The Morgan fingerprint density at radius 1 is 1.69 bits per heavy atom. The van der Waals surface area contributed by atoms with Crippen LogP contribution in [0, 0.1) is 0 Å². The molecular weight excluding hydrogens is 238 g/mol.